The van der Waals surface area contributed by atoms with Crippen molar-refractivity contribution in [1.82, 2.24) is 10.3 Å². The number of halogens is 1. The van der Waals surface area contributed by atoms with Crippen LogP contribution < -0.4 is 5.32 Å². The SMILES string of the molecule is CC(NC(=O)Cc1csc(-c2cccs2)n1)c1cccc(Cl)c1. The Balaban J connectivity index is 1.61. The van der Waals surface area contributed by atoms with Crippen molar-refractivity contribution in [3.05, 3.63) is 63.4 Å². The first kappa shape index (κ1) is 16.2. The van der Waals surface area contributed by atoms with E-state index in [1.807, 2.05) is 54.1 Å². The van der Waals surface area contributed by atoms with E-state index in [1.54, 1.807) is 22.7 Å². The van der Waals surface area contributed by atoms with Gasteiger partial charge in [0.05, 0.1) is 23.0 Å². The quantitative estimate of drug-likeness (QED) is 0.698. The first-order chi connectivity index (χ1) is 11.1. The molecule has 3 aromatic rings. The molecule has 0 fully saturated rings. The van der Waals surface area contributed by atoms with Gasteiger partial charge in [0.15, 0.2) is 0 Å². The molecule has 1 aromatic carbocycles. The summed E-state index contributed by atoms with van der Waals surface area (Å²) in [4.78, 5) is 17.9. The van der Waals surface area contributed by atoms with Crippen LogP contribution in [0.2, 0.25) is 5.02 Å². The maximum Gasteiger partial charge on any atom is 0.226 e. The molecule has 0 spiro atoms. The predicted molar refractivity (Wildman–Crippen MR) is 97.1 cm³/mol. The van der Waals surface area contributed by atoms with E-state index in [4.69, 9.17) is 11.6 Å². The average Bonchev–Trinajstić information content (AvgIpc) is 3.17. The Morgan fingerprint density at radius 2 is 2.17 bits per heavy atom. The third kappa shape index (κ3) is 4.19. The van der Waals surface area contributed by atoms with Gasteiger partial charge in [0.2, 0.25) is 5.91 Å². The van der Waals surface area contributed by atoms with Crippen LogP contribution in [-0.4, -0.2) is 10.9 Å². The maximum atomic E-state index is 12.2. The van der Waals surface area contributed by atoms with Crippen molar-refractivity contribution in [2.75, 3.05) is 0 Å². The van der Waals surface area contributed by atoms with Gasteiger partial charge >= 0.3 is 0 Å². The Hall–Kier alpha value is -1.69. The molecule has 0 bridgehead atoms. The van der Waals surface area contributed by atoms with E-state index in [9.17, 15) is 4.79 Å². The Kier molecular flexibility index (Phi) is 5.10. The molecule has 0 saturated heterocycles. The molecule has 3 rings (SSSR count). The van der Waals surface area contributed by atoms with Gasteiger partial charge in [0, 0.05) is 10.4 Å². The molecule has 23 heavy (non-hydrogen) atoms. The molecule has 1 amide bonds. The minimum Gasteiger partial charge on any atom is -0.349 e. The minimum absolute atomic E-state index is 0.0412. The van der Waals surface area contributed by atoms with Crippen LogP contribution in [0.15, 0.2) is 47.2 Å². The lowest BCUT2D eigenvalue weighted by Crippen LogP contribution is -2.28. The van der Waals surface area contributed by atoms with Crippen LogP contribution in [0.4, 0.5) is 0 Å². The van der Waals surface area contributed by atoms with Crippen LogP contribution in [0.25, 0.3) is 9.88 Å². The molecular weight excluding hydrogens is 348 g/mol. The van der Waals surface area contributed by atoms with Crippen molar-refractivity contribution < 1.29 is 4.79 Å². The lowest BCUT2D eigenvalue weighted by atomic mass is 10.1. The summed E-state index contributed by atoms with van der Waals surface area (Å²) >= 11 is 9.21. The number of nitrogens with zero attached hydrogens (tertiary/aromatic N) is 1. The second-order valence-corrected chi connectivity index (χ2v) is 7.38. The van der Waals surface area contributed by atoms with E-state index in [0.29, 0.717) is 5.02 Å². The monoisotopic (exact) mass is 362 g/mol. The highest BCUT2D eigenvalue weighted by molar-refractivity contribution is 7.20. The van der Waals surface area contributed by atoms with Gasteiger partial charge in [-0.2, -0.15) is 0 Å². The zero-order chi connectivity index (χ0) is 16.2. The van der Waals surface area contributed by atoms with Crippen LogP contribution in [0.1, 0.15) is 24.2 Å². The number of amides is 1. The van der Waals surface area contributed by atoms with Crippen molar-refractivity contribution in [3.63, 3.8) is 0 Å². The lowest BCUT2D eigenvalue weighted by Gasteiger charge is -2.14. The first-order valence-corrected chi connectivity index (χ1v) is 9.28. The highest BCUT2D eigenvalue weighted by Crippen LogP contribution is 2.28. The largest absolute Gasteiger partial charge is 0.349 e. The number of hydrogen-bond donors (Lipinski definition) is 1. The van der Waals surface area contributed by atoms with Crippen LogP contribution in [-0.2, 0) is 11.2 Å². The number of thiophene rings is 1. The summed E-state index contributed by atoms with van der Waals surface area (Å²) in [5.74, 6) is -0.0412. The molecule has 0 aliphatic heterocycles. The summed E-state index contributed by atoms with van der Waals surface area (Å²) in [7, 11) is 0. The van der Waals surface area contributed by atoms with Crippen LogP contribution in [0.5, 0.6) is 0 Å². The molecule has 2 aromatic heterocycles. The third-order valence-electron chi connectivity index (χ3n) is 3.35. The van der Waals surface area contributed by atoms with E-state index >= 15 is 0 Å². The van der Waals surface area contributed by atoms with Crippen LogP contribution >= 0.6 is 34.3 Å². The fraction of sp³-hybridized carbons (Fsp3) is 0.176. The molecule has 1 atom stereocenters. The minimum atomic E-state index is -0.0865. The zero-order valence-electron chi connectivity index (χ0n) is 12.5. The van der Waals surface area contributed by atoms with E-state index in [-0.39, 0.29) is 18.4 Å². The fourth-order valence-corrected chi connectivity index (χ4v) is 4.05. The maximum absolute atomic E-state index is 12.2. The summed E-state index contributed by atoms with van der Waals surface area (Å²) in [5.41, 5.74) is 1.79. The molecular formula is C17H15ClN2OS2. The van der Waals surface area contributed by atoms with Gasteiger partial charge < -0.3 is 5.32 Å². The van der Waals surface area contributed by atoms with Gasteiger partial charge in [-0.15, -0.1) is 22.7 Å². The van der Waals surface area contributed by atoms with E-state index in [0.717, 1.165) is 21.1 Å². The number of nitrogens with one attached hydrogen (secondary N) is 1. The summed E-state index contributed by atoms with van der Waals surface area (Å²) in [6, 6.07) is 11.5. The average molecular weight is 363 g/mol. The molecule has 118 valence electrons. The standard InChI is InChI=1S/C17H15ClN2OS2/c1-11(12-4-2-5-13(18)8-12)19-16(21)9-14-10-23-17(20-14)15-6-3-7-22-15/h2-8,10-11H,9H2,1H3,(H,19,21). The van der Waals surface area contributed by atoms with Gasteiger partial charge in [0.1, 0.15) is 5.01 Å². The Labute approximate surface area is 148 Å². The number of thiazole rings is 1. The Bertz CT molecular complexity index is 799. The molecule has 1 N–H and O–H groups in total. The topological polar surface area (TPSA) is 42.0 Å². The molecule has 0 aliphatic rings. The molecule has 3 nitrogen and oxygen atoms in total. The zero-order valence-corrected chi connectivity index (χ0v) is 14.8. The van der Waals surface area contributed by atoms with Gasteiger partial charge in [-0.3, -0.25) is 4.79 Å². The predicted octanol–water partition coefficient (Wildman–Crippen LogP) is 4.94. The molecule has 0 aliphatic carbocycles. The molecule has 2 heterocycles. The van der Waals surface area contributed by atoms with Crippen molar-refractivity contribution in [3.8, 4) is 9.88 Å². The number of benzene rings is 1. The number of hydrogen-bond acceptors (Lipinski definition) is 4. The number of rotatable bonds is 5. The molecule has 1 unspecified atom stereocenters. The smallest absolute Gasteiger partial charge is 0.226 e. The van der Waals surface area contributed by atoms with E-state index < -0.39 is 0 Å². The van der Waals surface area contributed by atoms with Crippen molar-refractivity contribution in [2.24, 2.45) is 0 Å². The van der Waals surface area contributed by atoms with Gasteiger partial charge in [-0.1, -0.05) is 29.8 Å². The first-order valence-electron chi connectivity index (χ1n) is 7.15. The van der Waals surface area contributed by atoms with Crippen molar-refractivity contribution >= 4 is 40.2 Å². The highest BCUT2D eigenvalue weighted by atomic mass is 35.5. The van der Waals surface area contributed by atoms with Gasteiger partial charge in [0.25, 0.3) is 0 Å². The van der Waals surface area contributed by atoms with Crippen molar-refractivity contribution in [2.45, 2.75) is 19.4 Å². The molecule has 6 heteroatoms. The van der Waals surface area contributed by atoms with E-state index in [1.165, 1.54) is 0 Å². The number of carbonyl (C=O) groups excluding carboxylic acids is 1. The molecule has 0 saturated carbocycles. The van der Waals surface area contributed by atoms with Crippen LogP contribution in [0.3, 0.4) is 0 Å². The second-order valence-electron chi connectivity index (χ2n) is 5.14. The highest BCUT2D eigenvalue weighted by Gasteiger charge is 2.13. The van der Waals surface area contributed by atoms with Crippen LogP contribution in [0, 0.1) is 0 Å². The normalized spacial score (nSPS) is 12.1. The van der Waals surface area contributed by atoms with Crippen molar-refractivity contribution in [1.29, 1.82) is 0 Å². The fourth-order valence-electron chi connectivity index (χ4n) is 2.22. The summed E-state index contributed by atoms with van der Waals surface area (Å²) in [6.45, 7) is 1.95. The summed E-state index contributed by atoms with van der Waals surface area (Å²) in [6.07, 6.45) is 0.285. The number of carbonyl (C=O) groups is 1. The lowest BCUT2D eigenvalue weighted by molar-refractivity contribution is -0.121. The Morgan fingerprint density at radius 3 is 2.91 bits per heavy atom. The van der Waals surface area contributed by atoms with Gasteiger partial charge in [-0.05, 0) is 36.1 Å². The van der Waals surface area contributed by atoms with Gasteiger partial charge in [-0.25, -0.2) is 4.98 Å². The second kappa shape index (κ2) is 7.25. The van der Waals surface area contributed by atoms with E-state index in [2.05, 4.69) is 10.3 Å². The number of aromatic nitrogens is 1. The Morgan fingerprint density at radius 1 is 1.30 bits per heavy atom. The third-order valence-corrected chi connectivity index (χ3v) is 5.52. The molecule has 0 radical (unpaired) electrons. The summed E-state index contributed by atoms with van der Waals surface area (Å²) in [5, 5.41) is 8.59. The summed E-state index contributed by atoms with van der Waals surface area (Å²) < 4.78 is 0.